The Morgan fingerprint density at radius 1 is 1.06 bits per heavy atom. The van der Waals surface area contributed by atoms with Gasteiger partial charge >= 0.3 is 0 Å². The number of phenolic OH excluding ortho intramolecular Hbond substituents is 2. The highest BCUT2D eigenvalue weighted by Crippen LogP contribution is 2.52. The number of ketones is 4. The zero-order chi connectivity index (χ0) is 38.4. The Morgan fingerprint density at radius 3 is 2.33 bits per heavy atom. The molecule has 15 nitrogen and oxygen atoms in total. The highest BCUT2D eigenvalue weighted by molar-refractivity contribution is 6.31. The number of nitrogens with two attached hydrogens (primary N) is 1. The minimum atomic E-state index is -2.08. The lowest BCUT2D eigenvalue weighted by Crippen LogP contribution is -2.55. The molecule has 1 heterocycles. The summed E-state index contributed by atoms with van der Waals surface area (Å²) in [7, 11) is 1.33. The Balaban J connectivity index is 1.44. The van der Waals surface area contributed by atoms with Crippen molar-refractivity contribution in [2.24, 2.45) is 5.73 Å². The molecule has 5 rings (SSSR count). The van der Waals surface area contributed by atoms with Crippen molar-refractivity contribution in [3.8, 4) is 17.2 Å². The number of aromatic hydroxyl groups is 2. The summed E-state index contributed by atoms with van der Waals surface area (Å²) in [5.74, 6) is -3.64. The first kappa shape index (κ1) is 39.4. The van der Waals surface area contributed by atoms with Crippen LogP contribution in [-0.4, -0.2) is 111 Å². The SMILES string of the molecule is COc1cccc2c1C(=O)c1c(O)c3c(c(O)c1C2=O)C[C@@](O)(C(C)=O)C[C@@H]3O[C@H]1C[C@H](N)[C@H](OC(CC(C)O)OC(C)C(O)CC(C)=O)[C@H](C)O1. The third kappa shape index (κ3) is 7.50. The van der Waals surface area contributed by atoms with E-state index in [0.29, 0.717) is 0 Å². The van der Waals surface area contributed by atoms with Crippen molar-refractivity contribution in [1.82, 2.24) is 0 Å². The van der Waals surface area contributed by atoms with Crippen LogP contribution in [-0.2, 0) is 35.0 Å². The molecule has 0 saturated carbocycles. The van der Waals surface area contributed by atoms with Crippen molar-refractivity contribution in [2.45, 2.75) is 128 Å². The van der Waals surface area contributed by atoms with E-state index in [0.717, 1.165) is 6.92 Å². The molecule has 0 amide bonds. The van der Waals surface area contributed by atoms with Crippen LogP contribution < -0.4 is 10.5 Å². The van der Waals surface area contributed by atoms with Crippen molar-refractivity contribution in [2.75, 3.05) is 7.11 Å². The van der Waals surface area contributed by atoms with Crippen molar-refractivity contribution in [1.29, 1.82) is 0 Å². The number of phenols is 2. The number of Topliss-reactive ketones (excluding diaryl/α,β-unsaturated/α-hetero) is 2. The smallest absolute Gasteiger partial charge is 0.202 e. The largest absolute Gasteiger partial charge is 0.507 e. The van der Waals surface area contributed by atoms with Crippen molar-refractivity contribution in [3.63, 3.8) is 0 Å². The summed E-state index contributed by atoms with van der Waals surface area (Å²) in [6.45, 7) is 7.28. The summed E-state index contributed by atoms with van der Waals surface area (Å²) < 4.78 is 29.8. The molecule has 2 aromatic rings. The lowest BCUT2D eigenvalue weighted by Gasteiger charge is -2.43. The average Bonchev–Trinajstić information content (AvgIpc) is 3.05. The van der Waals surface area contributed by atoms with E-state index >= 15 is 0 Å². The molecule has 0 bridgehead atoms. The predicted molar refractivity (Wildman–Crippen MR) is 181 cm³/mol. The Bertz CT molecular complexity index is 1730. The molecule has 1 aliphatic heterocycles. The number of rotatable bonds is 13. The van der Waals surface area contributed by atoms with E-state index in [1.807, 2.05) is 0 Å². The molecule has 1 saturated heterocycles. The highest BCUT2D eigenvalue weighted by Gasteiger charge is 2.49. The van der Waals surface area contributed by atoms with Crippen LogP contribution in [0.25, 0.3) is 0 Å². The van der Waals surface area contributed by atoms with Crippen LogP contribution in [0, 0.1) is 0 Å². The average molecular weight is 730 g/mol. The van der Waals surface area contributed by atoms with E-state index in [9.17, 15) is 44.7 Å². The van der Waals surface area contributed by atoms with E-state index < -0.39 is 114 Å². The van der Waals surface area contributed by atoms with Crippen LogP contribution >= 0.6 is 0 Å². The molecule has 0 aromatic heterocycles. The summed E-state index contributed by atoms with van der Waals surface area (Å²) in [6.07, 6.45) is -8.83. The van der Waals surface area contributed by atoms with Gasteiger partial charge in [0.25, 0.3) is 0 Å². The Labute approximate surface area is 300 Å². The highest BCUT2D eigenvalue weighted by atomic mass is 16.7. The molecule has 4 unspecified atom stereocenters. The topological polar surface area (TPSA) is 242 Å². The first-order valence-corrected chi connectivity index (χ1v) is 17.2. The van der Waals surface area contributed by atoms with Crippen LogP contribution in [0.2, 0.25) is 0 Å². The van der Waals surface area contributed by atoms with Gasteiger partial charge in [0.1, 0.15) is 34.7 Å². The number of fused-ring (bicyclic) bond motifs is 3. The van der Waals surface area contributed by atoms with Crippen molar-refractivity contribution >= 4 is 23.1 Å². The van der Waals surface area contributed by atoms with Gasteiger partial charge in [0.05, 0.1) is 54.3 Å². The monoisotopic (exact) mass is 729 g/mol. The van der Waals surface area contributed by atoms with Crippen LogP contribution in [0.5, 0.6) is 17.2 Å². The number of aliphatic hydroxyl groups is 3. The third-order valence-corrected chi connectivity index (χ3v) is 10.0. The van der Waals surface area contributed by atoms with Crippen LogP contribution in [0.1, 0.15) is 109 Å². The van der Waals surface area contributed by atoms with E-state index in [4.69, 9.17) is 29.4 Å². The molecule has 0 spiro atoms. The number of hydrogen-bond acceptors (Lipinski definition) is 15. The number of ether oxygens (including phenoxy) is 5. The maximum Gasteiger partial charge on any atom is 0.202 e. The quantitative estimate of drug-likeness (QED) is 0.109. The van der Waals surface area contributed by atoms with Gasteiger partial charge in [-0.25, -0.2) is 0 Å². The molecule has 15 heteroatoms. The minimum Gasteiger partial charge on any atom is -0.507 e. The number of methoxy groups -OCH3 is 1. The molecule has 0 radical (unpaired) electrons. The molecule has 7 N–H and O–H groups in total. The van der Waals surface area contributed by atoms with Crippen molar-refractivity contribution < 1.29 is 68.4 Å². The number of hydrogen-bond donors (Lipinski definition) is 6. The fourth-order valence-electron chi connectivity index (χ4n) is 7.25. The van der Waals surface area contributed by atoms with Crippen LogP contribution in [0.15, 0.2) is 18.2 Å². The van der Waals surface area contributed by atoms with Crippen molar-refractivity contribution in [3.05, 3.63) is 51.6 Å². The van der Waals surface area contributed by atoms with Gasteiger partial charge in [-0.3, -0.25) is 19.2 Å². The fourth-order valence-corrected chi connectivity index (χ4v) is 7.25. The second kappa shape index (κ2) is 15.3. The summed E-state index contributed by atoms with van der Waals surface area (Å²) in [4.78, 5) is 51.9. The van der Waals surface area contributed by atoms with E-state index in [2.05, 4.69) is 0 Å². The van der Waals surface area contributed by atoms with Gasteiger partial charge < -0.3 is 55.0 Å². The number of carbonyl (C=O) groups excluding carboxylic acids is 4. The summed E-state index contributed by atoms with van der Waals surface area (Å²) in [6, 6.07) is 3.63. The maximum absolute atomic E-state index is 13.9. The molecule has 2 aromatic carbocycles. The number of carbonyl (C=O) groups is 4. The summed E-state index contributed by atoms with van der Waals surface area (Å²) >= 11 is 0. The van der Waals surface area contributed by atoms with Gasteiger partial charge in [-0.15, -0.1) is 0 Å². The minimum absolute atomic E-state index is 0.0110. The lowest BCUT2D eigenvalue weighted by atomic mass is 9.72. The standard InChI is InChI=1S/C37H47NO14/c1-15(39)10-23(42)17(3)49-26(11-16(2)40)52-36-18(4)50-27(12-22(36)38)51-25-14-37(47,19(5)41)13-21-29(25)35(46)31-30(33(21)44)32(43)20-8-7-9-24(48-6)28(20)34(31)45/h7-9,16-18,22-23,25-27,36,40,42,44,46-47H,10-14,38H2,1-6H3/t16?,17?,18-,22-,23?,25-,26?,27-,36+,37-/m0/s1. The first-order valence-electron chi connectivity index (χ1n) is 17.2. The second-order valence-electron chi connectivity index (χ2n) is 14.1. The molecule has 2 aliphatic carbocycles. The molecule has 10 atom stereocenters. The van der Waals surface area contributed by atoms with Gasteiger partial charge in [-0.2, -0.15) is 0 Å². The summed E-state index contributed by atoms with van der Waals surface area (Å²) in [5, 5.41) is 55.3. The second-order valence-corrected chi connectivity index (χ2v) is 14.1. The Morgan fingerprint density at radius 2 is 1.73 bits per heavy atom. The zero-order valence-corrected chi connectivity index (χ0v) is 30.0. The predicted octanol–water partition coefficient (Wildman–Crippen LogP) is 1.90. The van der Waals surface area contributed by atoms with Gasteiger partial charge in [-0.05, 0) is 40.7 Å². The van der Waals surface area contributed by atoms with E-state index in [1.165, 1.54) is 39.2 Å². The maximum atomic E-state index is 13.9. The lowest BCUT2D eigenvalue weighted by molar-refractivity contribution is -0.287. The first-order chi connectivity index (χ1) is 24.4. The Kier molecular flexibility index (Phi) is 11.6. The van der Waals surface area contributed by atoms with Gasteiger partial charge in [0.15, 0.2) is 24.1 Å². The molecule has 1 fully saturated rings. The fraction of sp³-hybridized carbons (Fsp3) is 0.568. The molecule has 3 aliphatic rings. The van der Waals surface area contributed by atoms with Gasteiger partial charge in [-0.1, -0.05) is 12.1 Å². The molecule has 52 heavy (non-hydrogen) atoms. The normalized spacial score (nSPS) is 27.8. The van der Waals surface area contributed by atoms with Crippen LogP contribution in [0.3, 0.4) is 0 Å². The van der Waals surface area contributed by atoms with Gasteiger partial charge in [0, 0.05) is 54.8 Å². The number of aliphatic hydroxyl groups excluding tert-OH is 2. The molecular weight excluding hydrogens is 682 g/mol. The molecule has 284 valence electrons. The third-order valence-electron chi connectivity index (χ3n) is 10.0. The van der Waals surface area contributed by atoms with E-state index in [-0.39, 0.29) is 53.0 Å². The summed E-state index contributed by atoms with van der Waals surface area (Å²) in [5.41, 5.74) is 3.20. The Hall–Kier alpha value is -3.80. The number of benzene rings is 2. The molecular formula is C37H47NO14. The van der Waals surface area contributed by atoms with Crippen LogP contribution in [0.4, 0.5) is 0 Å². The van der Waals surface area contributed by atoms with E-state index in [1.54, 1.807) is 13.8 Å². The van der Waals surface area contributed by atoms with Gasteiger partial charge in [0.2, 0.25) is 5.78 Å². The zero-order valence-electron chi connectivity index (χ0n) is 30.0.